The lowest BCUT2D eigenvalue weighted by Gasteiger charge is -2.22. The van der Waals surface area contributed by atoms with Gasteiger partial charge in [-0.1, -0.05) is 6.07 Å². The highest BCUT2D eigenvalue weighted by atomic mass is 35.5. The smallest absolute Gasteiger partial charge is 0.224 e. The van der Waals surface area contributed by atoms with Crippen LogP contribution in [0.3, 0.4) is 0 Å². The van der Waals surface area contributed by atoms with Crippen LogP contribution in [0.5, 0.6) is 0 Å². The maximum Gasteiger partial charge on any atom is 0.224 e. The molecule has 2 heterocycles. The molecule has 0 spiro atoms. The summed E-state index contributed by atoms with van der Waals surface area (Å²) in [5, 5.41) is 6.28. The molecule has 21 heavy (non-hydrogen) atoms. The van der Waals surface area contributed by atoms with Crippen LogP contribution in [-0.4, -0.2) is 38.1 Å². The standard InChI is InChI=1S/C14H22N4O.2ClH/c1-18(2)13-11(5-4-8-16-13)10-17-14(19)12-6-3-7-15-9-12;;/h4-5,8,12,15H,3,6-7,9-10H2,1-2H3,(H,17,19);2*1H. The predicted molar refractivity (Wildman–Crippen MR) is 90.5 cm³/mol. The summed E-state index contributed by atoms with van der Waals surface area (Å²) in [6.45, 7) is 2.35. The number of halogens is 2. The molecule has 1 fully saturated rings. The summed E-state index contributed by atoms with van der Waals surface area (Å²) in [5.74, 6) is 1.15. The van der Waals surface area contributed by atoms with Crippen LogP contribution in [0, 0.1) is 5.92 Å². The van der Waals surface area contributed by atoms with E-state index in [1.807, 2.05) is 31.1 Å². The number of nitrogens with one attached hydrogen (secondary N) is 2. The zero-order valence-electron chi connectivity index (χ0n) is 12.5. The molecule has 1 aliphatic heterocycles. The summed E-state index contributed by atoms with van der Waals surface area (Å²) in [7, 11) is 3.91. The van der Waals surface area contributed by atoms with Crippen LogP contribution in [0.25, 0.3) is 0 Å². The second kappa shape index (κ2) is 9.82. The number of carbonyl (C=O) groups is 1. The normalized spacial score (nSPS) is 17.1. The number of hydrogen-bond acceptors (Lipinski definition) is 4. The van der Waals surface area contributed by atoms with Crippen LogP contribution < -0.4 is 15.5 Å². The molecule has 1 unspecified atom stereocenters. The maximum absolute atomic E-state index is 12.1. The Morgan fingerprint density at radius 3 is 2.86 bits per heavy atom. The van der Waals surface area contributed by atoms with Gasteiger partial charge in [0.15, 0.2) is 0 Å². The van der Waals surface area contributed by atoms with Crippen molar-refractivity contribution in [2.45, 2.75) is 19.4 Å². The Balaban J connectivity index is 0.00000200. The van der Waals surface area contributed by atoms with Crippen molar-refractivity contribution in [3.05, 3.63) is 23.9 Å². The minimum Gasteiger partial charge on any atom is -0.362 e. The average molecular weight is 335 g/mol. The monoisotopic (exact) mass is 334 g/mol. The van der Waals surface area contributed by atoms with Gasteiger partial charge in [0, 0.05) is 38.9 Å². The molecule has 2 N–H and O–H groups in total. The van der Waals surface area contributed by atoms with Crippen molar-refractivity contribution in [3.63, 3.8) is 0 Å². The lowest BCUT2D eigenvalue weighted by atomic mass is 9.99. The lowest BCUT2D eigenvalue weighted by Crippen LogP contribution is -2.40. The molecular formula is C14H24Cl2N4O. The number of aromatic nitrogens is 1. The van der Waals surface area contributed by atoms with Crippen molar-refractivity contribution >= 4 is 36.5 Å². The first-order valence-electron chi connectivity index (χ1n) is 6.78. The Hall–Kier alpha value is -1.04. The van der Waals surface area contributed by atoms with Gasteiger partial charge < -0.3 is 15.5 Å². The van der Waals surface area contributed by atoms with Gasteiger partial charge in [-0.05, 0) is 25.5 Å². The summed E-state index contributed by atoms with van der Waals surface area (Å²) < 4.78 is 0. The minimum atomic E-state index is 0. The van der Waals surface area contributed by atoms with Crippen LogP contribution in [0.1, 0.15) is 18.4 Å². The third-order valence-electron chi connectivity index (χ3n) is 3.41. The molecule has 2 rings (SSSR count). The van der Waals surface area contributed by atoms with Gasteiger partial charge in [0.05, 0.1) is 5.92 Å². The van der Waals surface area contributed by atoms with E-state index < -0.39 is 0 Å². The van der Waals surface area contributed by atoms with Crippen molar-refractivity contribution in [2.75, 3.05) is 32.1 Å². The van der Waals surface area contributed by atoms with E-state index in [9.17, 15) is 4.79 Å². The second-order valence-electron chi connectivity index (χ2n) is 5.14. The lowest BCUT2D eigenvalue weighted by molar-refractivity contribution is -0.125. The molecule has 1 aromatic rings. The fourth-order valence-corrected chi connectivity index (χ4v) is 2.37. The van der Waals surface area contributed by atoms with E-state index in [1.165, 1.54) is 0 Å². The number of carbonyl (C=O) groups excluding carboxylic acids is 1. The molecule has 1 amide bonds. The molecule has 5 nitrogen and oxygen atoms in total. The Bertz CT molecular complexity index is 437. The van der Waals surface area contributed by atoms with Gasteiger partial charge in [0.2, 0.25) is 5.91 Å². The molecule has 7 heteroatoms. The summed E-state index contributed by atoms with van der Waals surface area (Å²) in [6, 6.07) is 3.90. The van der Waals surface area contributed by atoms with E-state index >= 15 is 0 Å². The SMILES string of the molecule is CN(C)c1ncccc1CNC(=O)C1CCCNC1.Cl.Cl. The molecule has 0 saturated carbocycles. The van der Waals surface area contributed by atoms with Crippen LogP contribution in [0.4, 0.5) is 5.82 Å². The highest BCUT2D eigenvalue weighted by molar-refractivity contribution is 5.85. The van der Waals surface area contributed by atoms with E-state index in [0.29, 0.717) is 6.54 Å². The Morgan fingerprint density at radius 1 is 1.48 bits per heavy atom. The van der Waals surface area contributed by atoms with Gasteiger partial charge in [-0.2, -0.15) is 0 Å². The van der Waals surface area contributed by atoms with Gasteiger partial charge in [0.25, 0.3) is 0 Å². The fraction of sp³-hybridized carbons (Fsp3) is 0.571. The summed E-state index contributed by atoms with van der Waals surface area (Å²) >= 11 is 0. The van der Waals surface area contributed by atoms with E-state index in [2.05, 4.69) is 15.6 Å². The molecular weight excluding hydrogens is 311 g/mol. The van der Waals surface area contributed by atoms with Gasteiger partial charge in [0.1, 0.15) is 5.82 Å². The third-order valence-corrected chi connectivity index (χ3v) is 3.41. The number of anilines is 1. The summed E-state index contributed by atoms with van der Waals surface area (Å²) in [4.78, 5) is 18.4. The Kier molecular flexibility index (Phi) is 9.33. The number of piperidine rings is 1. The largest absolute Gasteiger partial charge is 0.362 e. The molecule has 0 bridgehead atoms. The first-order valence-corrected chi connectivity index (χ1v) is 6.78. The fourth-order valence-electron chi connectivity index (χ4n) is 2.37. The molecule has 1 aliphatic rings. The van der Waals surface area contributed by atoms with Gasteiger partial charge >= 0.3 is 0 Å². The molecule has 1 aromatic heterocycles. The van der Waals surface area contributed by atoms with Crippen molar-refractivity contribution in [1.82, 2.24) is 15.6 Å². The maximum atomic E-state index is 12.1. The van der Waals surface area contributed by atoms with Crippen LogP contribution in [-0.2, 0) is 11.3 Å². The summed E-state index contributed by atoms with van der Waals surface area (Å²) in [6.07, 6.45) is 3.83. The number of hydrogen-bond donors (Lipinski definition) is 2. The van der Waals surface area contributed by atoms with Gasteiger partial charge in [-0.15, -0.1) is 24.8 Å². The Labute approximate surface area is 138 Å². The number of pyridine rings is 1. The molecule has 120 valence electrons. The van der Waals surface area contributed by atoms with E-state index in [-0.39, 0.29) is 36.6 Å². The first-order chi connectivity index (χ1) is 9.18. The topological polar surface area (TPSA) is 57.3 Å². The van der Waals surface area contributed by atoms with Crippen molar-refractivity contribution in [3.8, 4) is 0 Å². The first kappa shape index (κ1) is 20.0. The zero-order chi connectivity index (χ0) is 13.7. The van der Waals surface area contributed by atoms with Crippen molar-refractivity contribution in [2.24, 2.45) is 5.92 Å². The van der Waals surface area contributed by atoms with Crippen molar-refractivity contribution < 1.29 is 4.79 Å². The third kappa shape index (κ3) is 5.69. The summed E-state index contributed by atoms with van der Waals surface area (Å²) in [5.41, 5.74) is 1.05. The highest BCUT2D eigenvalue weighted by Gasteiger charge is 2.20. The van der Waals surface area contributed by atoms with Crippen molar-refractivity contribution in [1.29, 1.82) is 0 Å². The van der Waals surface area contributed by atoms with E-state index in [0.717, 1.165) is 37.3 Å². The molecule has 1 atom stereocenters. The highest BCUT2D eigenvalue weighted by Crippen LogP contribution is 2.15. The van der Waals surface area contributed by atoms with Crippen LogP contribution in [0.2, 0.25) is 0 Å². The molecule has 1 saturated heterocycles. The number of rotatable bonds is 4. The predicted octanol–water partition coefficient (Wildman–Crippen LogP) is 1.61. The van der Waals surface area contributed by atoms with Crippen LogP contribution in [0.15, 0.2) is 18.3 Å². The number of amides is 1. The average Bonchev–Trinajstić information content (AvgIpc) is 2.46. The van der Waals surface area contributed by atoms with Gasteiger partial charge in [-0.25, -0.2) is 4.98 Å². The zero-order valence-corrected chi connectivity index (χ0v) is 14.1. The Morgan fingerprint density at radius 2 is 2.24 bits per heavy atom. The van der Waals surface area contributed by atoms with Gasteiger partial charge in [-0.3, -0.25) is 4.79 Å². The van der Waals surface area contributed by atoms with E-state index in [1.54, 1.807) is 6.20 Å². The van der Waals surface area contributed by atoms with E-state index in [4.69, 9.17) is 0 Å². The second-order valence-corrected chi connectivity index (χ2v) is 5.14. The molecule has 0 radical (unpaired) electrons. The molecule has 0 aromatic carbocycles. The molecule has 0 aliphatic carbocycles. The van der Waals surface area contributed by atoms with Crippen LogP contribution >= 0.6 is 24.8 Å². The minimum absolute atomic E-state index is 0. The number of nitrogens with zero attached hydrogens (tertiary/aromatic N) is 2. The quantitative estimate of drug-likeness (QED) is 0.878.